The Bertz CT molecular complexity index is 645. The van der Waals surface area contributed by atoms with Crippen molar-refractivity contribution in [3.05, 3.63) is 27.1 Å². The summed E-state index contributed by atoms with van der Waals surface area (Å²) in [6.07, 6.45) is -3.11. The number of halogens is 2. The fourth-order valence-corrected chi connectivity index (χ4v) is 2.28. The Kier molecular flexibility index (Phi) is 3.55. The Hall–Kier alpha value is -1.20. The van der Waals surface area contributed by atoms with Crippen LogP contribution in [0.3, 0.4) is 0 Å². The van der Waals surface area contributed by atoms with Crippen molar-refractivity contribution in [2.24, 2.45) is 0 Å². The van der Waals surface area contributed by atoms with Crippen LogP contribution in [0.2, 0.25) is 0 Å². The summed E-state index contributed by atoms with van der Waals surface area (Å²) in [5.74, 6) is -4.16. The number of hydrogen-bond donors (Lipinski definition) is 4. The summed E-state index contributed by atoms with van der Waals surface area (Å²) >= 11 is 4.77. The highest BCUT2D eigenvalue weighted by molar-refractivity contribution is 7.71. The molecule has 1 saturated heterocycles. The molecule has 0 aliphatic carbocycles. The number of nitrogens with one attached hydrogen (secondary N) is 1. The summed E-state index contributed by atoms with van der Waals surface area (Å²) < 4.78 is 32.6. The van der Waals surface area contributed by atoms with Crippen LogP contribution in [0.1, 0.15) is 13.2 Å². The van der Waals surface area contributed by atoms with Crippen molar-refractivity contribution >= 4 is 12.2 Å². The first-order chi connectivity index (χ1) is 9.13. The molecule has 4 N–H and O–H groups in total. The van der Waals surface area contributed by atoms with E-state index < -0.39 is 41.8 Å². The van der Waals surface area contributed by atoms with Crippen molar-refractivity contribution in [1.29, 1.82) is 0 Å². The van der Waals surface area contributed by atoms with Crippen molar-refractivity contribution in [2.45, 2.75) is 30.7 Å². The molecule has 0 radical (unpaired) electrons. The predicted molar refractivity (Wildman–Crippen MR) is 63.5 cm³/mol. The smallest absolute Gasteiger partial charge is 0.287 e. The van der Waals surface area contributed by atoms with E-state index in [0.29, 0.717) is 6.20 Å². The lowest BCUT2D eigenvalue weighted by Gasteiger charge is -2.27. The van der Waals surface area contributed by atoms with Crippen molar-refractivity contribution in [3.8, 4) is 0 Å². The number of rotatable bonds is 2. The van der Waals surface area contributed by atoms with E-state index in [-0.39, 0.29) is 4.77 Å². The molecule has 10 heteroatoms. The van der Waals surface area contributed by atoms with Gasteiger partial charge < -0.3 is 20.1 Å². The number of nitrogens with zero attached hydrogens (tertiary/aromatic N) is 1. The molecule has 20 heavy (non-hydrogen) atoms. The first-order valence-corrected chi connectivity index (χ1v) is 5.93. The summed E-state index contributed by atoms with van der Waals surface area (Å²) in [5, 5.41) is 28.7. The van der Waals surface area contributed by atoms with Gasteiger partial charge in [-0.2, -0.15) is 4.39 Å². The number of aromatic nitrogens is 2. The van der Waals surface area contributed by atoms with Gasteiger partial charge in [-0.25, -0.2) is 4.39 Å². The Morgan fingerprint density at radius 2 is 2.25 bits per heavy atom. The maximum absolute atomic E-state index is 14.1. The summed E-state index contributed by atoms with van der Waals surface area (Å²) in [5.41, 5.74) is -3.29. The monoisotopic (exact) mass is 310 g/mol. The van der Waals surface area contributed by atoms with E-state index in [9.17, 15) is 23.8 Å². The van der Waals surface area contributed by atoms with E-state index in [1.165, 1.54) is 0 Å². The second-order valence-corrected chi connectivity index (χ2v) is 5.07. The summed E-state index contributed by atoms with van der Waals surface area (Å²) in [4.78, 5) is 13.0. The Morgan fingerprint density at radius 3 is 2.75 bits per heavy atom. The van der Waals surface area contributed by atoms with Gasteiger partial charge in [0.1, 0.15) is 18.3 Å². The van der Waals surface area contributed by atoms with Crippen LogP contribution in [0.25, 0.3) is 0 Å². The maximum atomic E-state index is 14.1. The molecule has 4 unspecified atom stereocenters. The van der Waals surface area contributed by atoms with Gasteiger partial charge in [-0.15, -0.1) is 0 Å². The highest BCUT2D eigenvalue weighted by Crippen LogP contribution is 2.44. The van der Waals surface area contributed by atoms with Crippen molar-refractivity contribution in [3.63, 3.8) is 0 Å². The average molecular weight is 310 g/mol. The second kappa shape index (κ2) is 4.67. The maximum Gasteiger partial charge on any atom is 0.287 e. The number of aliphatic hydroxyl groups is 3. The van der Waals surface area contributed by atoms with Crippen LogP contribution < -0.4 is 5.56 Å². The van der Waals surface area contributed by atoms with Gasteiger partial charge in [-0.05, 0) is 19.1 Å². The van der Waals surface area contributed by atoms with E-state index in [4.69, 9.17) is 22.1 Å². The van der Waals surface area contributed by atoms with Gasteiger partial charge in [-0.1, -0.05) is 0 Å². The molecular formula is C10H12F2N2O5S. The van der Waals surface area contributed by atoms with Gasteiger partial charge in [0, 0.05) is 0 Å². The molecule has 4 atom stereocenters. The van der Waals surface area contributed by atoms with E-state index in [1.54, 1.807) is 0 Å². The number of hydrogen-bond acceptors (Lipinski definition) is 6. The third-order valence-corrected chi connectivity index (χ3v) is 3.47. The zero-order chi connectivity index (χ0) is 15.3. The molecule has 1 aliphatic heterocycles. The van der Waals surface area contributed by atoms with Crippen LogP contribution in [-0.4, -0.2) is 49.0 Å². The zero-order valence-electron chi connectivity index (χ0n) is 10.2. The van der Waals surface area contributed by atoms with Crippen molar-refractivity contribution < 1.29 is 28.8 Å². The normalized spacial score (nSPS) is 37.3. The molecule has 7 nitrogen and oxygen atoms in total. The fraction of sp³-hybridized carbons (Fsp3) is 0.600. The summed E-state index contributed by atoms with van der Waals surface area (Å²) in [7, 11) is 0. The summed E-state index contributed by atoms with van der Waals surface area (Å²) in [6.45, 7) is -0.190. The topological polar surface area (TPSA) is 108 Å². The van der Waals surface area contributed by atoms with Gasteiger partial charge in [-0.3, -0.25) is 14.3 Å². The molecule has 0 amide bonds. The van der Waals surface area contributed by atoms with E-state index in [2.05, 4.69) is 0 Å². The minimum atomic E-state index is -2.93. The van der Waals surface area contributed by atoms with Crippen LogP contribution in [0, 0.1) is 10.6 Å². The standard InChI is InChI=1S/C10H12F2N2O5S/c1-9(18)6(17)10(12,3-15)19-7(9)14-2-4(11)5(16)13-8(14)20/h2,6-7,15,17-18H,3H2,1H3,(H,13,16,20). The lowest BCUT2D eigenvalue weighted by molar-refractivity contribution is -0.207. The molecule has 0 spiro atoms. The van der Waals surface area contributed by atoms with Gasteiger partial charge in [0.15, 0.2) is 11.0 Å². The molecule has 0 aromatic carbocycles. The third kappa shape index (κ3) is 2.09. The molecule has 1 aromatic rings. The first-order valence-electron chi connectivity index (χ1n) is 5.52. The molecule has 0 bridgehead atoms. The van der Waals surface area contributed by atoms with E-state index >= 15 is 0 Å². The molecule has 2 rings (SSSR count). The Labute approximate surface area is 116 Å². The number of aliphatic hydroxyl groups excluding tert-OH is 2. The largest absolute Gasteiger partial charge is 0.390 e. The van der Waals surface area contributed by atoms with Crippen LogP contribution in [-0.2, 0) is 4.74 Å². The minimum absolute atomic E-state index is 0.337. The van der Waals surface area contributed by atoms with E-state index in [1.807, 2.05) is 4.98 Å². The van der Waals surface area contributed by atoms with Crippen LogP contribution in [0.4, 0.5) is 8.78 Å². The predicted octanol–water partition coefficient (Wildman–Crippen LogP) is -0.656. The molecule has 112 valence electrons. The quantitative estimate of drug-likeness (QED) is 0.540. The molecule has 1 aliphatic rings. The molecule has 0 saturated carbocycles. The molecular weight excluding hydrogens is 298 g/mol. The third-order valence-electron chi connectivity index (χ3n) is 3.16. The lowest BCUT2D eigenvalue weighted by atomic mass is 9.95. The summed E-state index contributed by atoms with van der Waals surface area (Å²) in [6, 6.07) is 0. The minimum Gasteiger partial charge on any atom is -0.390 e. The average Bonchev–Trinajstić information content (AvgIpc) is 2.56. The van der Waals surface area contributed by atoms with Crippen molar-refractivity contribution in [1.82, 2.24) is 9.55 Å². The van der Waals surface area contributed by atoms with Gasteiger partial charge in [0.05, 0.1) is 6.20 Å². The SMILES string of the molecule is CC1(O)C(n2cc(F)c(=O)[nH]c2=S)OC(F)(CO)C1O. The number of alkyl halides is 1. The fourth-order valence-electron chi connectivity index (χ4n) is 2.04. The van der Waals surface area contributed by atoms with E-state index in [0.717, 1.165) is 11.5 Å². The molecule has 1 fully saturated rings. The second-order valence-electron chi connectivity index (χ2n) is 4.69. The van der Waals surface area contributed by atoms with Crippen LogP contribution in [0.15, 0.2) is 11.0 Å². The first kappa shape index (κ1) is 15.2. The number of H-pyrrole nitrogens is 1. The molecule has 2 heterocycles. The zero-order valence-corrected chi connectivity index (χ0v) is 11.0. The lowest BCUT2D eigenvalue weighted by Crippen LogP contribution is -2.48. The Balaban J connectivity index is 2.57. The van der Waals surface area contributed by atoms with Crippen molar-refractivity contribution in [2.75, 3.05) is 6.61 Å². The molecule has 1 aromatic heterocycles. The number of aromatic amines is 1. The highest BCUT2D eigenvalue weighted by Gasteiger charge is 2.62. The van der Waals surface area contributed by atoms with Gasteiger partial charge in [0.25, 0.3) is 11.4 Å². The van der Waals surface area contributed by atoms with Crippen LogP contribution in [0.5, 0.6) is 0 Å². The van der Waals surface area contributed by atoms with Gasteiger partial charge >= 0.3 is 0 Å². The number of ether oxygens (including phenoxy) is 1. The highest BCUT2D eigenvalue weighted by atomic mass is 32.1. The Morgan fingerprint density at radius 1 is 1.65 bits per heavy atom. The van der Waals surface area contributed by atoms with Crippen LogP contribution >= 0.6 is 12.2 Å². The van der Waals surface area contributed by atoms with Gasteiger partial charge in [0.2, 0.25) is 5.82 Å².